The second-order valence-electron chi connectivity index (χ2n) is 10.7. The number of alkyl halides is 4. The van der Waals surface area contributed by atoms with Crippen molar-refractivity contribution >= 4 is 5.91 Å². The van der Waals surface area contributed by atoms with Crippen LogP contribution in [0.15, 0.2) is 42.5 Å². The Balaban J connectivity index is 1.78. The molecule has 3 nitrogen and oxygen atoms in total. The van der Waals surface area contributed by atoms with E-state index in [0.29, 0.717) is 44.7 Å². The van der Waals surface area contributed by atoms with Crippen molar-refractivity contribution in [2.45, 2.75) is 81.8 Å². The van der Waals surface area contributed by atoms with Crippen molar-refractivity contribution in [1.29, 1.82) is 0 Å². The highest BCUT2D eigenvalue weighted by molar-refractivity contribution is 5.78. The quantitative estimate of drug-likeness (QED) is 0.536. The molecule has 0 bridgehead atoms. The third-order valence-electron chi connectivity index (χ3n) is 7.55. The van der Waals surface area contributed by atoms with Crippen LogP contribution in [-0.4, -0.2) is 40.3 Å². The lowest BCUT2D eigenvalue weighted by atomic mass is 9.63. The van der Waals surface area contributed by atoms with Gasteiger partial charge in [-0.1, -0.05) is 30.3 Å². The van der Waals surface area contributed by atoms with Gasteiger partial charge in [0.15, 0.2) is 0 Å². The van der Waals surface area contributed by atoms with Crippen molar-refractivity contribution < 1.29 is 31.9 Å². The lowest BCUT2D eigenvalue weighted by Gasteiger charge is -2.44. The van der Waals surface area contributed by atoms with Crippen molar-refractivity contribution in [2.75, 3.05) is 6.54 Å². The molecule has 0 radical (unpaired) electrons. The molecule has 1 aliphatic carbocycles. The summed E-state index contributed by atoms with van der Waals surface area (Å²) in [6.45, 7) is 4.10. The standard InChI is InChI=1S/C27H30F5NO2/c1-24(2,35)16-23(34)33-13-12-26(15-17-4-8-20(28)9-5-17)21-10-7-19(25(3,29)27(30,31)32)14-18(21)6-11-22(26)33/h4-5,7-10,14,22,35H,6,11-13,15-16H2,1-3H3/t22-,25?,26-/m1/s1. The number of fused-ring (bicyclic) bond motifs is 3. The monoisotopic (exact) mass is 495 g/mol. The van der Waals surface area contributed by atoms with Crippen LogP contribution < -0.4 is 0 Å². The van der Waals surface area contributed by atoms with Crippen molar-refractivity contribution in [3.63, 3.8) is 0 Å². The summed E-state index contributed by atoms with van der Waals surface area (Å²) in [5.41, 5.74) is -3.41. The molecule has 2 aromatic rings. The van der Waals surface area contributed by atoms with Crippen LogP contribution in [0, 0.1) is 5.82 Å². The number of rotatable bonds is 5. The van der Waals surface area contributed by atoms with E-state index in [1.54, 1.807) is 36.9 Å². The van der Waals surface area contributed by atoms with Gasteiger partial charge in [0, 0.05) is 18.0 Å². The maximum Gasteiger partial charge on any atom is 0.426 e. The first-order valence-electron chi connectivity index (χ1n) is 11.8. The Morgan fingerprint density at radius 3 is 2.34 bits per heavy atom. The summed E-state index contributed by atoms with van der Waals surface area (Å²) in [5.74, 6) is -0.559. The molecule has 3 atom stereocenters. The van der Waals surface area contributed by atoms with Gasteiger partial charge in [0.2, 0.25) is 11.6 Å². The molecule has 1 saturated heterocycles. The summed E-state index contributed by atoms with van der Waals surface area (Å²) < 4.78 is 68.4. The second kappa shape index (κ2) is 8.57. The summed E-state index contributed by atoms with van der Waals surface area (Å²) in [4.78, 5) is 14.9. The Hall–Kier alpha value is -2.48. The van der Waals surface area contributed by atoms with Gasteiger partial charge < -0.3 is 10.0 Å². The summed E-state index contributed by atoms with van der Waals surface area (Å²) in [5, 5.41) is 10.2. The van der Waals surface area contributed by atoms with E-state index < -0.39 is 28.4 Å². The van der Waals surface area contributed by atoms with Crippen molar-refractivity contribution in [3.8, 4) is 0 Å². The molecule has 1 heterocycles. The highest BCUT2D eigenvalue weighted by Crippen LogP contribution is 2.51. The molecule has 1 N–H and O–H groups in total. The van der Waals surface area contributed by atoms with Crippen LogP contribution >= 0.6 is 0 Å². The van der Waals surface area contributed by atoms with Crippen LogP contribution in [0.25, 0.3) is 0 Å². The Kier molecular flexibility index (Phi) is 6.27. The number of hydrogen-bond donors (Lipinski definition) is 1. The summed E-state index contributed by atoms with van der Waals surface area (Å²) in [6.07, 6.45) is -3.16. The Bertz CT molecular complexity index is 1100. The van der Waals surface area contributed by atoms with E-state index in [1.165, 1.54) is 24.3 Å². The molecule has 35 heavy (non-hydrogen) atoms. The predicted octanol–water partition coefficient (Wildman–Crippen LogP) is 5.76. The van der Waals surface area contributed by atoms with Gasteiger partial charge in [-0.2, -0.15) is 13.2 Å². The van der Waals surface area contributed by atoms with Crippen molar-refractivity contribution in [2.24, 2.45) is 0 Å². The van der Waals surface area contributed by atoms with Gasteiger partial charge in [-0.3, -0.25) is 4.79 Å². The van der Waals surface area contributed by atoms with Gasteiger partial charge >= 0.3 is 6.18 Å². The zero-order chi connectivity index (χ0) is 25.8. The molecule has 8 heteroatoms. The second-order valence-corrected chi connectivity index (χ2v) is 10.7. The maximum absolute atomic E-state index is 14.7. The zero-order valence-electron chi connectivity index (χ0n) is 20.1. The molecule has 190 valence electrons. The van der Waals surface area contributed by atoms with Crippen LogP contribution in [0.1, 0.15) is 62.3 Å². The van der Waals surface area contributed by atoms with E-state index >= 15 is 0 Å². The Morgan fingerprint density at radius 2 is 1.74 bits per heavy atom. The molecular formula is C27H30F5NO2. The number of benzene rings is 2. The average molecular weight is 496 g/mol. The summed E-state index contributed by atoms with van der Waals surface area (Å²) in [7, 11) is 0. The number of carbonyl (C=O) groups excluding carboxylic acids is 1. The van der Waals surface area contributed by atoms with Crippen LogP contribution in [0.3, 0.4) is 0 Å². The number of aliphatic hydroxyl groups is 1. The fourth-order valence-electron chi connectivity index (χ4n) is 5.76. The predicted molar refractivity (Wildman–Crippen MR) is 122 cm³/mol. The van der Waals surface area contributed by atoms with E-state index in [-0.39, 0.29) is 24.2 Å². The smallest absolute Gasteiger partial charge is 0.390 e. The number of hydrogen-bond acceptors (Lipinski definition) is 2. The number of halogens is 5. The van der Waals surface area contributed by atoms with E-state index in [4.69, 9.17) is 0 Å². The molecule has 1 amide bonds. The maximum atomic E-state index is 14.7. The normalized spacial score (nSPS) is 24.0. The van der Waals surface area contributed by atoms with Crippen LogP contribution in [-0.2, 0) is 28.7 Å². The molecule has 0 saturated carbocycles. The molecule has 2 aromatic carbocycles. The number of carbonyl (C=O) groups is 1. The number of nitrogens with zero attached hydrogens (tertiary/aromatic N) is 1. The highest BCUT2D eigenvalue weighted by atomic mass is 19.4. The highest BCUT2D eigenvalue weighted by Gasteiger charge is 2.55. The molecule has 1 unspecified atom stereocenters. The van der Waals surface area contributed by atoms with E-state index in [9.17, 15) is 31.9 Å². The van der Waals surface area contributed by atoms with Gasteiger partial charge in [-0.05, 0) is 80.8 Å². The average Bonchev–Trinajstić information content (AvgIpc) is 3.12. The minimum Gasteiger partial charge on any atom is -0.390 e. The molecule has 4 rings (SSSR count). The minimum atomic E-state index is -5.04. The molecule has 1 aliphatic heterocycles. The van der Waals surface area contributed by atoms with Crippen molar-refractivity contribution in [3.05, 3.63) is 70.5 Å². The lowest BCUT2D eigenvalue weighted by molar-refractivity contribution is -0.228. The van der Waals surface area contributed by atoms with Gasteiger partial charge in [-0.25, -0.2) is 8.78 Å². The topological polar surface area (TPSA) is 40.5 Å². The number of likely N-dealkylation sites (tertiary alicyclic amines) is 1. The number of aryl methyl sites for hydroxylation is 1. The zero-order valence-corrected chi connectivity index (χ0v) is 20.1. The first-order chi connectivity index (χ1) is 16.1. The SMILES string of the molecule is CC(C)(O)CC(=O)N1CC[C@@]2(Cc3ccc(F)cc3)c3ccc(C(C)(F)C(F)(F)F)cc3CC[C@@H]12. The first kappa shape index (κ1) is 25.6. The van der Waals surface area contributed by atoms with Gasteiger partial charge in [-0.15, -0.1) is 0 Å². The Morgan fingerprint density at radius 1 is 1.09 bits per heavy atom. The van der Waals surface area contributed by atoms with Crippen LogP contribution in [0.2, 0.25) is 0 Å². The van der Waals surface area contributed by atoms with E-state index in [0.717, 1.165) is 11.1 Å². The number of amides is 1. The molecular weight excluding hydrogens is 465 g/mol. The molecule has 2 aliphatic rings. The summed E-state index contributed by atoms with van der Waals surface area (Å²) >= 11 is 0. The third kappa shape index (κ3) is 4.69. The Labute approximate surface area is 201 Å². The van der Waals surface area contributed by atoms with E-state index in [2.05, 4.69) is 0 Å². The largest absolute Gasteiger partial charge is 0.426 e. The minimum absolute atomic E-state index is 0.0479. The van der Waals surface area contributed by atoms with Gasteiger partial charge in [0.05, 0.1) is 12.0 Å². The first-order valence-corrected chi connectivity index (χ1v) is 11.8. The fraction of sp³-hybridized carbons (Fsp3) is 0.519. The van der Waals surface area contributed by atoms with E-state index in [1.807, 2.05) is 0 Å². The summed E-state index contributed by atoms with van der Waals surface area (Å²) in [6, 6.07) is 9.92. The molecule has 0 spiro atoms. The fourth-order valence-corrected chi connectivity index (χ4v) is 5.76. The van der Waals surface area contributed by atoms with Crippen LogP contribution in [0.4, 0.5) is 22.0 Å². The third-order valence-corrected chi connectivity index (χ3v) is 7.55. The van der Waals surface area contributed by atoms with Gasteiger partial charge in [0.25, 0.3) is 0 Å². The van der Waals surface area contributed by atoms with Crippen LogP contribution in [0.5, 0.6) is 0 Å². The molecule has 1 fully saturated rings. The van der Waals surface area contributed by atoms with Crippen molar-refractivity contribution in [1.82, 2.24) is 4.90 Å². The van der Waals surface area contributed by atoms with Gasteiger partial charge in [0.1, 0.15) is 5.82 Å². The lowest BCUT2D eigenvalue weighted by Crippen LogP contribution is -2.50. The molecule has 0 aromatic heterocycles.